The van der Waals surface area contributed by atoms with Crippen molar-refractivity contribution in [1.29, 1.82) is 0 Å². The fourth-order valence-corrected chi connectivity index (χ4v) is 6.79. The number of methoxy groups -OCH3 is 2. The van der Waals surface area contributed by atoms with Crippen LogP contribution in [0.1, 0.15) is 106 Å². The summed E-state index contributed by atoms with van der Waals surface area (Å²) in [5.74, 6) is 1.45. The van der Waals surface area contributed by atoms with Crippen molar-refractivity contribution in [2.45, 2.75) is 109 Å². The molecule has 0 spiro atoms. The second-order valence-corrected chi connectivity index (χ2v) is 18.2. The molecule has 0 aromatic heterocycles. The zero-order chi connectivity index (χ0) is 30.8. The molecule has 6 nitrogen and oxygen atoms in total. The molecular formula is C35H54O6Si. The summed E-state index contributed by atoms with van der Waals surface area (Å²) in [4.78, 5) is 12.7. The van der Waals surface area contributed by atoms with Gasteiger partial charge in [0.25, 0.3) is 0 Å². The van der Waals surface area contributed by atoms with Gasteiger partial charge < -0.3 is 23.4 Å². The minimum Gasteiger partial charge on any atom is -0.492 e. The summed E-state index contributed by atoms with van der Waals surface area (Å²) in [6.45, 7) is 15.3. The predicted octanol–water partition coefficient (Wildman–Crippen LogP) is 9.03. The lowest BCUT2D eigenvalue weighted by Crippen LogP contribution is -2.41. The summed E-state index contributed by atoms with van der Waals surface area (Å²) in [7, 11) is 1.41. The van der Waals surface area contributed by atoms with Crippen molar-refractivity contribution in [2.24, 2.45) is 0 Å². The molecule has 2 aromatic rings. The molecule has 0 saturated heterocycles. The van der Waals surface area contributed by atoms with Gasteiger partial charge in [0.05, 0.1) is 19.3 Å². The van der Waals surface area contributed by atoms with E-state index in [1.807, 2.05) is 30.3 Å². The number of ether oxygens (including phenoxy) is 4. The molecule has 0 saturated carbocycles. The molecule has 0 N–H and O–H groups in total. The number of fused-ring (bicyclic) bond motifs is 1. The first-order chi connectivity index (χ1) is 19.9. The molecule has 0 aliphatic carbocycles. The van der Waals surface area contributed by atoms with Crippen LogP contribution in [0.25, 0.3) is 0 Å². The van der Waals surface area contributed by atoms with Crippen LogP contribution in [-0.2, 0) is 19.3 Å². The van der Waals surface area contributed by atoms with Gasteiger partial charge in [-0.05, 0) is 54.2 Å². The Hall–Kier alpha value is -2.35. The highest BCUT2D eigenvalue weighted by molar-refractivity contribution is 6.74. The second kappa shape index (κ2) is 15.4. The smallest absolute Gasteiger partial charge is 0.338 e. The summed E-state index contributed by atoms with van der Waals surface area (Å²) < 4.78 is 28.6. The van der Waals surface area contributed by atoms with Gasteiger partial charge in [0.1, 0.15) is 11.5 Å². The van der Waals surface area contributed by atoms with Crippen LogP contribution in [0.15, 0.2) is 42.5 Å². The molecule has 234 valence electrons. The van der Waals surface area contributed by atoms with E-state index in [4.69, 9.17) is 23.4 Å². The highest BCUT2D eigenvalue weighted by atomic mass is 28.4. The first kappa shape index (κ1) is 34.1. The van der Waals surface area contributed by atoms with E-state index in [0.717, 1.165) is 48.5 Å². The lowest BCUT2D eigenvalue weighted by Gasteiger charge is -2.43. The molecule has 2 unspecified atom stereocenters. The molecule has 0 amide bonds. The highest BCUT2D eigenvalue weighted by Crippen LogP contribution is 2.50. The zero-order valence-corrected chi connectivity index (χ0v) is 28.3. The number of benzene rings is 2. The molecular weight excluding hydrogens is 544 g/mol. The van der Waals surface area contributed by atoms with Gasteiger partial charge in [0.15, 0.2) is 15.1 Å². The maximum atomic E-state index is 12.7. The first-order valence-corrected chi connectivity index (χ1v) is 18.6. The molecule has 0 fully saturated rings. The third-order valence-electron chi connectivity index (χ3n) is 9.35. The van der Waals surface area contributed by atoms with Crippen LogP contribution in [0.4, 0.5) is 0 Å². The van der Waals surface area contributed by atoms with Gasteiger partial charge in [-0.2, -0.15) is 0 Å². The van der Waals surface area contributed by atoms with E-state index in [1.54, 1.807) is 7.11 Å². The summed E-state index contributed by atoms with van der Waals surface area (Å²) in [6.07, 6.45) is 9.46. The summed E-state index contributed by atoms with van der Waals surface area (Å²) in [5.41, 5.74) is 2.37. The number of carbonyl (C=O) groups excluding carboxylic acids is 1. The minimum atomic E-state index is -1.64. The van der Waals surface area contributed by atoms with E-state index in [-0.39, 0.29) is 29.1 Å². The van der Waals surface area contributed by atoms with E-state index in [2.05, 4.69) is 52.9 Å². The van der Waals surface area contributed by atoms with E-state index in [0.29, 0.717) is 12.2 Å². The summed E-state index contributed by atoms with van der Waals surface area (Å²) in [6, 6.07) is 13.9. The van der Waals surface area contributed by atoms with Gasteiger partial charge in [-0.25, -0.2) is 4.79 Å². The molecule has 1 aliphatic heterocycles. The number of esters is 1. The lowest BCUT2D eigenvalue weighted by atomic mass is 9.65. The zero-order valence-electron chi connectivity index (χ0n) is 27.3. The van der Waals surface area contributed by atoms with Crippen molar-refractivity contribution in [2.75, 3.05) is 34.2 Å². The summed E-state index contributed by atoms with van der Waals surface area (Å²) in [5, 5.41) is 0.273. The third kappa shape index (κ3) is 8.61. The maximum Gasteiger partial charge on any atom is 0.338 e. The molecule has 2 aromatic carbocycles. The van der Waals surface area contributed by atoms with Crippen molar-refractivity contribution >= 4 is 14.3 Å². The van der Waals surface area contributed by atoms with Crippen LogP contribution in [0.2, 0.25) is 18.1 Å². The van der Waals surface area contributed by atoms with E-state index in [9.17, 15) is 4.79 Å². The van der Waals surface area contributed by atoms with Crippen molar-refractivity contribution in [3.8, 4) is 11.5 Å². The molecule has 1 aliphatic rings. The fraction of sp³-hybridized carbons (Fsp3) is 0.629. The Morgan fingerprint density at radius 2 is 1.64 bits per heavy atom. The Morgan fingerprint density at radius 1 is 0.976 bits per heavy atom. The Labute approximate surface area is 255 Å². The molecule has 7 heteroatoms. The van der Waals surface area contributed by atoms with Gasteiger partial charge in [-0.3, -0.25) is 0 Å². The van der Waals surface area contributed by atoms with Crippen LogP contribution >= 0.6 is 0 Å². The SMILES string of the molecule is COCOc1ccc2c(c1)OCC(C)(c1ccccc1C(=O)OC)C2CCCCCCCCCO[Si](C)(C)C(C)(C)C. The van der Waals surface area contributed by atoms with Gasteiger partial charge in [-0.1, -0.05) is 90.5 Å². The normalized spacial score (nSPS) is 18.7. The van der Waals surface area contributed by atoms with Crippen LogP contribution in [0.3, 0.4) is 0 Å². The lowest BCUT2D eigenvalue weighted by molar-refractivity contribution is 0.0506. The fourth-order valence-electron chi connectivity index (χ4n) is 5.70. The molecule has 0 radical (unpaired) electrons. The Balaban J connectivity index is 1.62. The number of hydrogen-bond acceptors (Lipinski definition) is 6. The molecule has 0 bridgehead atoms. The average Bonchev–Trinajstić information content (AvgIpc) is 2.96. The molecule has 2 atom stereocenters. The summed E-state index contributed by atoms with van der Waals surface area (Å²) >= 11 is 0. The van der Waals surface area contributed by atoms with Crippen LogP contribution in [-0.4, -0.2) is 48.5 Å². The average molecular weight is 599 g/mol. The number of unbranched alkanes of at least 4 members (excludes halogenated alkanes) is 6. The van der Waals surface area contributed by atoms with Gasteiger partial charge >= 0.3 is 5.97 Å². The Morgan fingerprint density at radius 3 is 2.31 bits per heavy atom. The third-order valence-corrected chi connectivity index (χ3v) is 13.9. The topological polar surface area (TPSA) is 63.2 Å². The van der Waals surface area contributed by atoms with Crippen LogP contribution in [0.5, 0.6) is 11.5 Å². The van der Waals surface area contributed by atoms with E-state index in [1.165, 1.54) is 39.2 Å². The monoisotopic (exact) mass is 598 g/mol. The van der Waals surface area contributed by atoms with Crippen molar-refractivity contribution < 1.29 is 28.2 Å². The maximum absolute atomic E-state index is 12.7. The van der Waals surface area contributed by atoms with Crippen LogP contribution in [0, 0.1) is 0 Å². The standard InChI is InChI=1S/C35H54O6Si/c1-34(2,3)42(7,8)41-23-17-13-11-9-10-12-14-19-30-28-22-21-27(40-26-37-5)24-32(28)39-25-35(30,4)31-20-16-15-18-29(31)33(36)38-6/h15-16,18,20-22,24,30H,9-14,17,19,23,25-26H2,1-8H3. The van der Waals surface area contributed by atoms with Crippen molar-refractivity contribution in [1.82, 2.24) is 0 Å². The minimum absolute atomic E-state index is 0.191. The quantitative estimate of drug-likeness (QED) is 0.0831. The van der Waals surface area contributed by atoms with Crippen molar-refractivity contribution in [3.05, 3.63) is 59.2 Å². The second-order valence-electron chi connectivity index (χ2n) is 13.4. The van der Waals surface area contributed by atoms with Crippen LogP contribution < -0.4 is 9.47 Å². The predicted molar refractivity (Wildman–Crippen MR) is 172 cm³/mol. The Bertz CT molecular complexity index is 1140. The van der Waals surface area contributed by atoms with Gasteiger partial charge in [-0.15, -0.1) is 0 Å². The van der Waals surface area contributed by atoms with Gasteiger partial charge in [0.2, 0.25) is 0 Å². The first-order valence-electron chi connectivity index (χ1n) is 15.6. The number of hydrogen-bond donors (Lipinski definition) is 0. The molecule has 3 rings (SSSR count). The largest absolute Gasteiger partial charge is 0.492 e. The van der Waals surface area contributed by atoms with E-state index >= 15 is 0 Å². The molecule has 1 heterocycles. The number of carbonyl (C=O) groups is 1. The molecule has 42 heavy (non-hydrogen) atoms. The van der Waals surface area contributed by atoms with Crippen molar-refractivity contribution in [3.63, 3.8) is 0 Å². The highest BCUT2D eigenvalue weighted by Gasteiger charge is 2.44. The Kier molecular flexibility index (Phi) is 12.5. The van der Waals surface area contributed by atoms with Gasteiger partial charge in [0, 0.05) is 31.1 Å². The van der Waals surface area contributed by atoms with E-state index < -0.39 is 8.32 Å². The number of rotatable bonds is 16.